The summed E-state index contributed by atoms with van der Waals surface area (Å²) < 4.78 is 0. The topological polar surface area (TPSA) is 66.4 Å². The molecular formula is C12H16N4O2. The van der Waals surface area contributed by atoms with E-state index in [1.807, 2.05) is 6.92 Å². The van der Waals surface area contributed by atoms with E-state index in [2.05, 4.69) is 9.97 Å². The number of rotatable bonds is 1. The van der Waals surface area contributed by atoms with Crippen LogP contribution in [0.1, 0.15) is 23.1 Å². The van der Waals surface area contributed by atoms with Gasteiger partial charge in [0.1, 0.15) is 12.0 Å². The molecule has 96 valence electrons. The molecule has 2 rings (SSSR count). The van der Waals surface area contributed by atoms with Gasteiger partial charge in [0, 0.05) is 38.8 Å². The fourth-order valence-corrected chi connectivity index (χ4v) is 1.96. The highest BCUT2D eigenvalue weighted by Crippen LogP contribution is 2.07. The Morgan fingerprint density at radius 2 is 1.72 bits per heavy atom. The van der Waals surface area contributed by atoms with Crippen LogP contribution < -0.4 is 0 Å². The number of aryl methyl sites for hydroxylation is 1. The molecule has 0 unspecified atom stereocenters. The summed E-state index contributed by atoms with van der Waals surface area (Å²) in [5, 5.41) is 0. The Bertz CT molecular complexity index is 467. The highest BCUT2D eigenvalue weighted by molar-refractivity contribution is 5.92. The predicted octanol–water partition coefficient (Wildman–Crippen LogP) is 0.0893. The number of aromatic nitrogens is 2. The van der Waals surface area contributed by atoms with E-state index in [9.17, 15) is 9.59 Å². The van der Waals surface area contributed by atoms with Gasteiger partial charge in [0.15, 0.2) is 0 Å². The van der Waals surface area contributed by atoms with Crippen molar-refractivity contribution in [3.05, 3.63) is 23.8 Å². The smallest absolute Gasteiger partial charge is 0.272 e. The quantitative estimate of drug-likeness (QED) is 0.706. The van der Waals surface area contributed by atoms with Crippen molar-refractivity contribution in [2.45, 2.75) is 13.8 Å². The molecule has 6 nitrogen and oxygen atoms in total. The van der Waals surface area contributed by atoms with E-state index in [4.69, 9.17) is 0 Å². The number of carbonyl (C=O) groups excluding carboxylic acids is 2. The number of piperazine rings is 1. The van der Waals surface area contributed by atoms with E-state index in [1.165, 1.54) is 6.33 Å². The molecule has 0 radical (unpaired) electrons. The van der Waals surface area contributed by atoms with Gasteiger partial charge in [-0.1, -0.05) is 0 Å². The summed E-state index contributed by atoms with van der Waals surface area (Å²) in [6.07, 6.45) is 1.40. The molecule has 0 aliphatic carbocycles. The molecule has 0 aromatic carbocycles. The second-order valence-corrected chi connectivity index (χ2v) is 4.34. The molecule has 1 aromatic rings. The highest BCUT2D eigenvalue weighted by atomic mass is 16.2. The van der Waals surface area contributed by atoms with Gasteiger partial charge in [-0.3, -0.25) is 9.59 Å². The summed E-state index contributed by atoms with van der Waals surface area (Å²) in [5.41, 5.74) is 1.19. The Balaban J connectivity index is 2.02. The van der Waals surface area contributed by atoms with Gasteiger partial charge in [0.25, 0.3) is 5.91 Å². The standard InChI is InChI=1S/C12H16N4O2/c1-9-7-11(14-8-13-9)12(18)16-5-3-15(4-6-16)10(2)17/h7-8H,3-6H2,1-2H3. The van der Waals surface area contributed by atoms with Crippen LogP contribution in [0.15, 0.2) is 12.4 Å². The van der Waals surface area contributed by atoms with Gasteiger partial charge in [-0.05, 0) is 13.0 Å². The third-order valence-corrected chi connectivity index (χ3v) is 3.04. The minimum Gasteiger partial charge on any atom is -0.339 e. The van der Waals surface area contributed by atoms with Gasteiger partial charge >= 0.3 is 0 Å². The average Bonchev–Trinajstić information content (AvgIpc) is 2.38. The maximum atomic E-state index is 12.2. The van der Waals surface area contributed by atoms with Gasteiger partial charge < -0.3 is 9.80 Å². The van der Waals surface area contributed by atoms with E-state index in [0.29, 0.717) is 31.9 Å². The van der Waals surface area contributed by atoms with E-state index in [1.54, 1.807) is 22.8 Å². The SMILES string of the molecule is CC(=O)N1CCN(C(=O)c2cc(C)ncn2)CC1. The fourth-order valence-electron chi connectivity index (χ4n) is 1.96. The number of amides is 2. The van der Waals surface area contributed by atoms with Crippen LogP contribution >= 0.6 is 0 Å². The van der Waals surface area contributed by atoms with Crippen molar-refractivity contribution in [3.63, 3.8) is 0 Å². The number of carbonyl (C=O) groups is 2. The predicted molar refractivity (Wildman–Crippen MR) is 64.9 cm³/mol. The molecule has 1 fully saturated rings. The van der Waals surface area contributed by atoms with E-state index in [0.717, 1.165) is 5.69 Å². The lowest BCUT2D eigenvalue weighted by Crippen LogP contribution is -2.50. The molecule has 0 saturated carbocycles. The summed E-state index contributed by atoms with van der Waals surface area (Å²) in [7, 11) is 0. The molecule has 2 heterocycles. The zero-order chi connectivity index (χ0) is 13.1. The van der Waals surface area contributed by atoms with Crippen molar-refractivity contribution in [1.82, 2.24) is 19.8 Å². The van der Waals surface area contributed by atoms with Crippen molar-refractivity contribution < 1.29 is 9.59 Å². The molecular weight excluding hydrogens is 232 g/mol. The Labute approximate surface area is 106 Å². The van der Waals surface area contributed by atoms with Crippen LogP contribution in [0.4, 0.5) is 0 Å². The lowest BCUT2D eigenvalue weighted by molar-refractivity contribution is -0.130. The van der Waals surface area contributed by atoms with Crippen LogP contribution in [0.25, 0.3) is 0 Å². The van der Waals surface area contributed by atoms with Gasteiger partial charge in [0.05, 0.1) is 0 Å². The largest absolute Gasteiger partial charge is 0.339 e. The van der Waals surface area contributed by atoms with Crippen molar-refractivity contribution in [2.75, 3.05) is 26.2 Å². The first-order valence-electron chi connectivity index (χ1n) is 5.91. The molecule has 18 heavy (non-hydrogen) atoms. The molecule has 2 amide bonds. The molecule has 0 spiro atoms. The Kier molecular flexibility index (Phi) is 3.55. The van der Waals surface area contributed by atoms with E-state index >= 15 is 0 Å². The highest BCUT2D eigenvalue weighted by Gasteiger charge is 2.23. The third kappa shape index (κ3) is 2.64. The van der Waals surface area contributed by atoms with Crippen molar-refractivity contribution >= 4 is 11.8 Å². The second-order valence-electron chi connectivity index (χ2n) is 4.34. The lowest BCUT2D eigenvalue weighted by Gasteiger charge is -2.34. The van der Waals surface area contributed by atoms with E-state index < -0.39 is 0 Å². The second kappa shape index (κ2) is 5.12. The van der Waals surface area contributed by atoms with Crippen molar-refractivity contribution in [3.8, 4) is 0 Å². The molecule has 1 aliphatic rings. The van der Waals surface area contributed by atoms with Gasteiger partial charge in [-0.2, -0.15) is 0 Å². The Hall–Kier alpha value is -1.98. The number of nitrogens with zero attached hydrogens (tertiary/aromatic N) is 4. The van der Waals surface area contributed by atoms with Crippen LogP contribution in [0.2, 0.25) is 0 Å². The van der Waals surface area contributed by atoms with Gasteiger partial charge in [-0.15, -0.1) is 0 Å². The zero-order valence-electron chi connectivity index (χ0n) is 10.6. The van der Waals surface area contributed by atoms with Gasteiger partial charge in [-0.25, -0.2) is 9.97 Å². The Morgan fingerprint density at radius 1 is 1.11 bits per heavy atom. The van der Waals surface area contributed by atoms with E-state index in [-0.39, 0.29) is 11.8 Å². The lowest BCUT2D eigenvalue weighted by atomic mass is 10.2. The molecule has 1 aliphatic heterocycles. The summed E-state index contributed by atoms with van der Waals surface area (Å²) in [4.78, 5) is 34.8. The molecule has 6 heteroatoms. The first-order valence-corrected chi connectivity index (χ1v) is 5.91. The monoisotopic (exact) mass is 248 g/mol. The maximum Gasteiger partial charge on any atom is 0.272 e. The van der Waals surface area contributed by atoms with Crippen LogP contribution in [0.5, 0.6) is 0 Å². The molecule has 0 atom stereocenters. The van der Waals surface area contributed by atoms with Gasteiger partial charge in [0.2, 0.25) is 5.91 Å². The Morgan fingerprint density at radius 3 is 2.28 bits per heavy atom. The molecule has 0 N–H and O–H groups in total. The maximum absolute atomic E-state index is 12.2. The van der Waals surface area contributed by atoms with Crippen molar-refractivity contribution in [2.24, 2.45) is 0 Å². The average molecular weight is 248 g/mol. The number of hydrogen-bond donors (Lipinski definition) is 0. The van der Waals surface area contributed by atoms with Crippen LogP contribution in [0.3, 0.4) is 0 Å². The fraction of sp³-hybridized carbons (Fsp3) is 0.500. The van der Waals surface area contributed by atoms with Crippen molar-refractivity contribution in [1.29, 1.82) is 0 Å². The molecule has 0 bridgehead atoms. The van der Waals surface area contributed by atoms with Crippen LogP contribution in [-0.2, 0) is 4.79 Å². The minimum absolute atomic E-state index is 0.0555. The normalized spacial score (nSPS) is 15.7. The first kappa shape index (κ1) is 12.5. The summed E-state index contributed by atoms with van der Waals surface area (Å²) >= 11 is 0. The summed E-state index contributed by atoms with van der Waals surface area (Å²) in [5.74, 6) is -0.0383. The van der Waals surface area contributed by atoms with Crippen LogP contribution in [-0.4, -0.2) is 57.8 Å². The third-order valence-electron chi connectivity index (χ3n) is 3.04. The number of hydrogen-bond acceptors (Lipinski definition) is 4. The molecule has 1 saturated heterocycles. The summed E-state index contributed by atoms with van der Waals surface area (Å²) in [6, 6.07) is 1.68. The van der Waals surface area contributed by atoms with Crippen LogP contribution in [0, 0.1) is 6.92 Å². The zero-order valence-corrected chi connectivity index (χ0v) is 10.6. The molecule has 1 aromatic heterocycles. The first-order chi connectivity index (χ1) is 8.58. The minimum atomic E-state index is -0.0938. The summed E-state index contributed by atoms with van der Waals surface area (Å²) in [6.45, 7) is 5.66.